The van der Waals surface area contributed by atoms with Crippen LogP contribution in [-0.2, 0) is 6.42 Å². The standard InChI is InChI=1S/C26H26N4O4/c1-18-24(14-13-22(25(18)32)23(31)17-19-7-3-2-4-8-19)34-16-6-5-15-33-21-11-9-20(10-12-21)26-27-29-30-28-26/h2-4,7-14,32H,5-6,15-17H2,1H3,(H,27,28,29,30). The van der Waals surface area contributed by atoms with E-state index in [0.717, 1.165) is 29.7 Å². The number of phenolic OH excluding ortho intramolecular Hbond substituents is 1. The predicted octanol–water partition coefficient (Wildman–Crippen LogP) is 4.54. The lowest BCUT2D eigenvalue weighted by molar-refractivity contribution is 0.0990. The summed E-state index contributed by atoms with van der Waals surface area (Å²) in [5.41, 5.74) is 2.65. The van der Waals surface area contributed by atoms with E-state index in [2.05, 4.69) is 20.6 Å². The van der Waals surface area contributed by atoms with E-state index in [0.29, 0.717) is 35.9 Å². The Bertz CT molecular complexity index is 1210. The van der Waals surface area contributed by atoms with Crippen LogP contribution in [0.3, 0.4) is 0 Å². The number of tetrazole rings is 1. The largest absolute Gasteiger partial charge is 0.507 e. The average Bonchev–Trinajstić information content (AvgIpc) is 3.40. The van der Waals surface area contributed by atoms with Crippen LogP contribution in [0.15, 0.2) is 66.7 Å². The van der Waals surface area contributed by atoms with E-state index in [9.17, 15) is 9.90 Å². The number of nitrogens with zero attached hydrogens (tertiary/aromatic N) is 3. The van der Waals surface area contributed by atoms with E-state index < -0.39 is 0 Å². The Morgan fingerprint density at radius 3 is 2.38 bits per heavy atom. The van der Waals surface area contributed by atoms with Crippen LogP contribution in [0.25, 0.3) is 11.4 Å². The average molecular weight is 459 g/mol. The van der Waals surface area contributed by atoms with Crippen LogP contribution in [0.4, 0.5) is 0 Å². The van der Waals surface area contributed by atoms with Crippen LogP contribution in [0.2, 0.25) is 0 Å². The van der Waals surface area contributed by atoms with Gasteiger partial charge in [-0.25, -0.2) is 0 Å². The highest BCUT2D eigenvalue weighted by molar-refractivity contribution is 6.00. The SMILES string of the molecule is Cc1c(OCCCCOc2ccc(-c3nn[nH]n3)cc2)ccc(C(=O)Cc2ccccc2)c1O. The van der Waals surface area contributed by atoms with E-state index in [1.54, 1.807) is 19.1 Å². The van der Waals surface area contributed by atoms with Gasteiger partial charge in [-0.3, -0.25) is 4.79 Å². The number of ketones is 1. The normalized spacial score (nSPS) is 10.7. The van der Waals surface area contributed by atoms with Crippen molar-refractivity contribution >= 4 is 5.78 Å². The molecule has 1 aromatic heterocycles. The second-order valence-electron chi connectivity index (χ2n) is 7.83. The molecule has 0 aliphatic rings. The number of aromatic hydroxyl groups is 1. The molecule has 1 heterocycles. The number of carbonyl (C=O) groups is 1. The van der Waals surface area contributed by atoms with Gasteiger partial charge in [-0.1, -0.05) is 30.3 Å². The summed E-state index contributed by atoms with van der Waals surface area (Å²) in [6.45, 7) is 2.80. The number of H-pyrrole nitrogens is 1. The van der Waals surface area contributed by atoms with Crippen LogP contribution in [0.1, 0.15) is 34.3 Å². The zero-order valence-electron chi connectivity index (χ0n) is 18.9. The molecular weight excluding hydrogens is 432 g/mol. The molecule has 0 aliphatic carbocycles. The van der Waals surface area contributed by atoms with Gasteiger partial charge in [0.2, 0.25) is 5.82 Å². The van der Waals surface area contributed by atoms with Gasteiger partial charge >= 0.3 is 0 Å². The summed E-state index contributed by atoms with van der Waals surface area (Å²) in [7, 11) is 0. The lowest BCUT2D eigenvalue weighted by Gasteiger charge is -2.13. The maximum Gasteiger partial charge on any atom is 0.204 e. The van der Waals surface area contributed by atoms with Crippen molar-refractivity contribution in [1.82, 2.24) is 20.6 Å². The quantitative estimate of drug-likeness (QED) is 0.251. The molecule has 4 rings (SSSR count). The Labute approximate surface area is 197 Å². The number of unbranched alkanes of at least 4 members (excludes halogenated alkanes) is 1. The molecule has 0 atom stereocenters. The Hall–Kier alpha value is -4.20. The van der Waals surface area contributed by atoms with Gasteiger partial charge in [0, 0.05) is 17.5 Å². The fraction of sp³-hybridized carbons (Fsp3) is 0.231. The minimum atomic E-state index is -0.124. The molecule has 0 spiro atoms. The van der Waals surface area contributed by atoms with E-state index in [-0.39, 0.29) is 18.0 Å². The Morgan fingerprint density at radius 1 is 0.941 bits per heavy atom. The van der Waals surface area contributed by atoms with Gasteiger partial charge in [0.05, 0.1) is 18.8 Å². The first-order valence-corrected chi connectivity index (χ1v) is 11.1. The summed E-state index contributed by atoms with van der Waals surface area (Å²) in [4.78, 5) is 12.6. The number of carbonyl (C=O) groups excluding carboxylic acids is 1. The number of nitrogens with one attached hydrogen (secondary N) is 1. The summed E-state index contributed by atoms with van der Waals surface area (Å²) in [6, 6.07) is 20.4. The van der Waals surface area contributed by atoms with Crippen molar-refractivity contribution < 1.29 is 19.4 Å². The van der Waals surface area contributed by atoms with Crippen LogP contribution >= 0.6 is 0 Å². The number of aromatic nitrogens is 4. The molecular formula is C26H26N4O4. The molecule has 0 radical (unpaired) electrons. The third kappa shape index (κ3) is 5.78. The molecule has 0 saturated carbocycles. The van der Waals surface area contributed by atoms with Crippen molar-refractivity contribution in [1.29, 1.82) is 0 Å². The van der Waals surface area contributed by atoms with E-state index >= 15 is 0 Å². The highest BCUT2D eigenvalue weighted by atomic mass is 16.5. The fourth-order valence-corrected chi connectivity index (χ4v) is 3.50. The molecule has 0 bridgehead atoms. The minimum Gasteiger partial charge on any atom is -0.507 e. The number of ether oxygens (including phenoxy) is 2. The molecule has 0 fully saturated rings. The molecule has 0 unspecified atom stereocenters. The number of benzene rings is 3. The van der Waals surface area contributed by atoms with E-state index in [1.165, 1.54) is 0 Å². The van der Waals surface area contributed by atoms with Crippen molar-refractivity contribution in [3.05, 3.63) is 83.4 Å². The smallest absolute Gasteiger partial charge is 0.204 e. The lowest BCUT2D eigenvalue weighted by atomic mass is 10.00. The van der Waals surface area contributed by atoms with E-state index in [4.69, 9.17) is 9.47 Å². The Morgan fingerprint density at radius 2 is 1.68 bits per heavy atom. The molecule has 8 heteroatoms. The maximum absolute atomic E-state index is 12.6. The van der Waals surface area contributed by atoms with Gasteiger partial charge in [-0.15, -0.1) is 10.2 Å². The topological polar surface area (TPSA) is 110 Å². The zero-order chi connectivity index (χ0) is 23.8. The van der Waals surface area contributed by atoms with Crippen LogP contribution < -0.4 is 9.47 Å². The Balaban J connectivity index is 1.21. The zero-order valence-corrected chi connectivity index (χ0v) is 18.9. The van der Waals surface area contributed by atoms with Gasteiger partial charge in [-0.05, 0) is 66.9 Å². The Kier molecular flexibility index (Phi) is 7.49. The molecule has 174 valence electrons. The number of phenols is 1. The van der Waals surface area contributed by atoms with Crippen LogP contribution in [0, 0.1) is 6.92 Å². The molecule has 8 nitrogen and oxygen atoms in total. The molecule has 0 aliphatic heterocycles. The summed E-state index contributed by atoms with van der Waals surface area (Å²) in [5, 5.41) is 24.4. The van der Waals surface area contributed by atoms with Gasteiger partial charge in [0.15, 0.2) is 5.78 Å². The number of hydrogen-bond donors (Lipinski definition) is 2. The van der Waals surface area contributed by atoms with Crippen molar-refractivity contribution in [3.63, 3.8) is 0 Å². The summed E-state index contributed by atoms with van der Waals surface area (Å²) in [5.74, 6) is 1.74. The summed E-state index contributed by atoms with van der Waals surface area (Å²) in [6.07, 6.45) is 1.84. The first kappa shape index (κ1) is 23.0. The second kappa shape index (κ2) is 11.1. The molecule has 0 saturated heterocycles. The number of rotatable bonds is 11. The highest BCUT2D eigenvalue weighted by Gasteiger charge is 2.16. The summed E-state index contributed by atoms with van der Waals surface area (Å²) >= 11 is 0. The van der Waals surface area contributed by atoms with Crippen molar-refractivity contribution in [2.45, 2.75) is 26.2 Å². The molecule has 34 heavy (non-hydrogen) atoms. The second-order valence-corrected chi connectivity index (χ2v) is 7.83. The van der Waals surface area contributed by atoms with Gasteiger partial charge < -0.3 is 14.6 Å². The molecule has 3 aromatic carbocycles. The first-order chi connectivity index (χ1) is 16.6. The van der Waals surface area contributed by atoms with Crippen LogP contribution in [-0.4, -0.2) is 44.7 Å². The highest BCUT2D eigenvalue weighted by Crippen LogP contribution is 2.31. The minimum absolute atomic E-state index is 0.0222. The van der Waals surface area contributed by atoms with Crippen molar-refractivity contribution in [3.8, 4) is 28.6 Å². The number of aromatic amines is 1. The molecule has 2 N–H and O–H groups in total. The van der Waals surface area contributed by atoms with Gasteiger partial charge in [-0.2, -0.15) is 5.21 Å². The number of hydrogen-bond acceptors (Lipinski definition) is 7. The lowest BCUT2D eigenvalue weighted by Crippen LogP contribution is -2.06. The monoisotopic (exact) mass is 458 g/mol. The fourth-order valence-electron chi connectivity index (χ4n) is 3.50. The van der Waals surface area contributed by atoms with E-state index in [1.807, 2.05) is 54.6 Å². The van der Waals surface area contributed by atoms with Crippen LogP contribution in [0.5, 0.6) is 17.2 Å². The number of Topliss-reactive ketones (excluding diaryl/α,β-unsaturated/α-hetero) is 1. The molecule has 4 aromatic rings. The van der Waals surface area contributed by atoms with Gasteiger partial charge in [0.25, 0.3) is 0 Å². The predicted molar refractivity (Wildman–Crippen MR) is 127 cm³/mol. The van der Waals surface area contributed by atoms with Crippen molar-refractivity contribution in [2.75, 3.05) is 13.2 Å². The first-order valence-electron chi connectivity index (χ1n) is 11.1. The van der Waals surface area contributed by atoms with Crippen molar-refractivity contribution in [2.24, 2.45) is 0 Å². The van der Waals surface area contributed by atoms with Gasteiger partial charge in [0.1, 0.15) is 17.2 Å². The summed E-state index contributed by atoms with van der Waals surface area (Å²) < 4.78 is 11.6. The molecule has 0 amide bonds. The third-order valence-corrected chi connectivity index (χ3v) is 5.41. The maximum atomic E-state index is 12.6. The third-order valence-electron chi connectivity index (χ3n) is 5.41.